The summed E-state index contributed by atoms with van der Waals surface area (Å²) < 4.78 is 6.84. The van der Waals surface area contributed by atoms with E-state index in [0.29, 0.717) is 18.8 Å². The molecule has 1 rings (SSSR count). The van der Waals surface area contributed by atoms with E-state index in [9.17, 15) is 4.79 Å². The van der Waals surface area contributed by atoms with Crippen molar-refractivity contribution in [2.45, 2.75) is 27.3 Å². The molecule has 1 aromatic rings. The van der Waals surface area contributed by atoms with Crippen LogP contribution in [0.5, 0.6) is 0 Å². The number of ether oxygens (including phenoxy) is 1. The number of esters is 1. The first-order valence-corrected chi connectivity index (χ1v) is 5.53. The molecule has 4 heteroatoms. The highest BCUT2D eigenvalue weighted by Crippen LogP contribution is 2.13. The minimum Gasteiger partial charge on any atom is -0.461 e. The van der Waals surface area contributed by atoms with Crippen LogP contribution < -0.4 is 0 Å². The molecule has 0 bridgehead atoms. The molecule has 1 unspecified atom stereocenters. The summed E-state index contributed by atoms with van der Waals surface area (Å²) in [5.74, 6) is -0.171. The maximum absolute atomic E-state index is 11.7. The first kappa shape index (κ1) is 12.8. The molecule has 0 spiro atoms. The standard InChI is InChI=1S/C12H19NO3/c1-4-16-12(15)11-10(3)5-6-13(11)7-9(2)8-14/h5-6,9,14H,4,7-8H2,1-3H3. The maximum Gasteiger partial charge on any atom is 0.355 e. The normalized spacial score (nSPS) is 12.5. The molecule has 16 heavy (non-hydrogen) atoms. The average Bonchev–Trinajstić information content (AvgIpc) is 2.60. The van der Waals surface area contributed by atoms with Crippen molar-refractivity contribution in [2.24, 2.45) is 5.92 Å². The molecular weight excluding hydrogens is 206 g/mol. The van der Waals surface area contributed by atoms with Crippen LogP contribution in [0, 0.1) is 12.8 Å². The number of hydrogen-bond acceptors (Lipinski definition) is 3. The zero-order valence-electron chi connectivity index (χ0n) is 10.1. The lowest BCUT2D eigenvalue weighted by molar-refractivity contribution is 0.0510. The van der Waals surface area contributed by atoms with Crippen LogP contribution in [0.3, 0.4) is 0 Å². The van der Waals surface area contributed by atoms with E-state index in [1.54, 1.807) is 6.92 Å². The number of rotatable bonds is 5. The summed E-state index contributed by atoms with van der Waals surface area (Å²) in [6.45, 7) is 6.71. The third-order valence-electron chi connectivity index (χ3n) is 2.45. The van der Waals surface area contributed by atoms with Gasteiger partial charge in [0.1, 0.15) is 5.69 Å². The van der Waals surface area contributed by atoms with Crippen LogP contribution in [0.2, 0.25) is 0 Å². The number of carbonyl (C=O) groups excluding carboxylic acids is 1. The zero-order chi connectivity index (χ0) is 12.1. The predicted molar refractivity (Wildman–Crippen MR) is 61.4 cm³/mol. The largest absolute Gasteiger partial charge is 0.461 e. The quantitative estimate of drug-likeness (QED) is 0.774. The number of aliphatic hydroxyl groups is 1. The van der Waals surface area contributed by atoms with Crippen molar-refractivity contribution in [3.63, 3.8) is 0 Å². The third kappa shape index (κ3) is 2.85. The van der Waals surface area contributed by atoms with Gasteiger partial charge in [-0.3, -0.25) is 0 Å². The Bertz CT molecular complexity index is 357. The van der Waals surface area contributed by atoms with Crippen molar-refractivity contribution >= 4 is 5.97 Å². The number of nitrogens with zero attached hydrogens (tertiary/aromatic N) is 1. The van der Waals surface area contributed by atoms with E-state index < -0.39 is 0 Å². The van der Waals surface area contributed by atoms with Gasteiger partial charge in [-0.2, -0.15) is 0 Å². The van der Waals surface area contributed by atoms with E-state index in [1.165, 1.54) is 0 Å². The molecule has 0 amide bonds. The van der Waals surface area contributed by atoms with Gasteiger partial charge in [-0.1, -0.05) is 6.92 Å². The fourth-order valence-corrected chi connectivity index (χ4v) is 1.61. The second-order valence-corrected chi connectivity index (χ2v) is 4.01. The average molecular weight is 225 g/mol. The van der Waals surface area contributed by atoms with Crippen molar-refractivity contribution in [2.75, 3.05) is 13.2 Å². The molecule has 0 aromatic carbocycles. The second-order valence-electron chi connectivity index (χ2n) is 4.01. The molecule has 0 aliphatic rings. The Morgan fingerprint density at radius 1 is 1.62 bits per heavy atom. The summed E-state index contributed by atoms with van der Waals surface area (Å²) >= 11 is 0. The monoisotopic (exact) mass is 225 g/mol. The molecule has 4 nitrogen and oxygen atoms in total. The van der Waals surface area contributed by atoms with Gasteiger partial charge in [0, 0.05) is 19.3 Å². The van der Waals surface area contributed by atoms with Gasteiger partial charge < -0.3 is 14.4 Å². The molecule has 90 valence electrons. The predicted octanol–water partition coefficient (Wildman–Crippen LogP) is 1.60. The Labute approximate surface area is 95.8 Å². The summed E-state index contributed by atoms with van der Waals surface area (Å²) in [5.41, 5.74) is 1.49. The van der Waals surface area contributed by atoms with Crippen molar-refractivity contribution in [1.82, 2.24) is 4.57 Å². The summed E-state index contributed by atoms with van der Waals surface area (Å²) in [7, 11) is 0. The summed E-state index contributed by atoms with van der Waals surface area (Å²) in [6.07, 6.45) is 1.85. The minimum absolute atomic E-state index is 0.111. The van der Waals surface area contributed by atoms with Gasteiger partial charge in [0.25, 0.3) is 0 Å². The van der Waals surface area contributed by atoms with Crippen LogP contribution >= 0.6 is 0 Å². The smallest absolute Gasteiger partial charge is 0.355 e. The first-order chi connectivity index (χ1) is 7.60. The van der Waals surface area contributed by atoms with Crippen LogP contribution in [0.1, 0.15) is 29.9 Å². The van der Waals surface area contributed by atoms with Crippen molar-refractivity contribution in [3.8, 4) is 0 Å². The van der Waals surface area contributed by atoms with E-state index in [4.69, 9.17) is 9.84 Å². The number of hydrogen-bond donors (Lipinski definition) is 1. The van der Waals surface area contributed by atoms with Crippen LogP contribution in [0.25, 0.3) is 0 Å². The Balaban J connectivity index is 2.89. The first-order valence-electron chi connectivity index (χ1n) is 5.53. The summed E-state index contributed by atoms with van der Waals surface area (Å²) in [4.78, 5) is 11.7. The number of aliphatic hydroxyl groups excluding tert-OH is 1. The SMILES string of the molecule is CCOC(=O)c1c(C)ccn1CC(C)CO. The van der Waals surface area contributed by atoms with Crippen LogP contribution in [-0.2, 0) is 11.3 Å². The minimum atomic E-state index is -0.296. The van der Waals surface area contributed by atoms with Gasteiger partial charge in [0.2, 0.25) is 0 Å². The Morgan fingerprint density at radius 2 is 2.31 bits per heavy atom. The summed E-state index contributed by atoms with van der Waals surface area (Å²) in [6, 6.07) is 1.89. The molecule has 0 saturated carbocycles. The molecule has 0 saturated heterocycles. The van der Waals surface area contributed by atoms with E-state index >= 15 is 0 Å². The van der Waals surface area contributed by atoms with E-state index in [2.05, 4.69) is 0 Å². The fourth-order valence-electron chi connectivity index (χ4n) is 1.61. The van der Waals surface area contributed by atoms with Crippen molar-refractivity contribution < 1.29 is 14.6 Å². The fraction of sp³-hybridized carbons (Fsp3) is 0.583. The van der Waals surface area contributed by atoms with Gasteiger partial charge in [0.15, 0.2) is 0 Å². The zero-order valence-corrected chi connectivity index (χ0v) is 10.1. The molecule has 0 radical (unpaired) electrons. The molecule has 0 aliphatic carbocycles. The molecule has 1 atom stereocenters. The van der Waals surface area contributed by atoms with E-state index in [0.717, 1.165) is 5.56 Å². The van der Waals surface area contributed by atoms with Gasteiger partial charge in [-0.15, -0.1) is 0 Å². The number of carbonyl (C=O) groups is 1. The van der Waals surface area contributed by atoms with Gasteiger partial charge >= 0.3 is 5.97 Å². The van der Waals surface area contributed by atoms with Crippen molar-refractivity contribution in [1.29, 1.82) is 0 Å². The number of aromatic nitrogens is 1. The number of aryl methyl sites for hydroxylation is 1. The molecule has 0 fully saturated rings. The lowest BCUT2D eigenvalue weighted by atomic mass is 10.2. The molecular formula is C12H19NO3. The van der Waals surface area contributed by atoms with Gasteiger partial charge in [-0.25, -0.2) is 4.79 Å². The molecule has 1 aromatic heterocycles. The van der Waals surface area contributed by atoms with E-state index in [-0.39, 0.29) is 18.5 Å². The van der Waals surface area contributed by atoms with Gasteiger partial charge in [-0.05, 0) is 31.4 Å². The Kier molecular flexibility index (Phi) is 4.55. The lowest BCUT2D eigenvalue weighted by Crippen LogP contribution is -2.17. The topological polar surface area (TPSA) is 51.5 Å². The van der Waals surface area contributed by atoms with E-state index in [1.807, 2.05) is 30.7 Å². The molecule has 0 aliphatic heterocycles. The van der Waals surface area contributed by atoms with Crippen molar-refractivity contribution in [3.05, 3.63) is 23.5 Å². The second kappa shape index (κ2) is 5.70. The highest BCUT2D eigenvalue weighted by atomic mass is 16.5. The highest BCUT2D eigenvalue weighted by molar-refractivity contribution is 5.89. The Hall–Kier alpha value is -1.29. The molecule has 1 heterocycles. The van der Waals surface area contributed by atoms with Crippen LogP contribution in [-0.4, -0.2) is 28.9 Å². The van der Waals surface area contributed by atoms with Crippen LogP contribution in [0.15, 0.2) is 12.3 Å². The lowest BCUT2D eigenvalue weighted by Gasteiger charge is -2.13. The van der Waals surface area contributed by atoms with Gasteiger partial charge in [0.05, 0.1) is 6.61 Å². The van der Waals surface area contributed by atoms with Crippen LogP contribution in [0.4, 0.5) is 0 Å². The Morgan fingerprint density at radius 3 is 2.88 bits per heavy atom. The molecule has 1 N–H and O–H groups in total. The maximum atomic E-state index is 11.7. The highest BCUT2D eigenvalue weighted by Gasteiger charge is 2.16. The third-order valence-corrected chi connectivity index (χ3v) is 2.45. The summed E-state index contributed by atoms with van der Waals surface area (Å²) in [5, 5.41) is 9.01.